The van der Waals surface area contributed by atoms with Crippen molar-refractivity contribution in [2.45, 2.75) is 44.7 Å². The fourth-order valence-electron chi connectivity index (χ4n) is 3.28. The fourth-order valence-corrected chi connectivity index (χ4v) is 3.28. The van der Waals surface area contributed by atoms with Gasteiger partial charge >= 0.3 is 0 Å². The number of imidazole rings is 1. The first kappa shape index (κ1) is 12.2. The molecule has 100 valence electrons. The molecular weight excluding hydrogens is 226 g/mol. The third-order valence-corrected chi connectivity index (χ3v) is 4.50. The monoisotopic (exact) mass is 249 g/mol. The second-order valence-corrected chi connectivity index (χ2v) is 5.81. The molecule has 0 aromatic carbocycles. The van der Waals surface area contributed by atoms with Crippen LogP contribution >= 0.6 is 0 Å². The third-order valence-electron chi connectivity index (χ3n) is 4.50. The normalized spacial score (nSPS) is 29.2. The number of hydrogen-bond acceptors (Lipinski definition) is 3. The Labute approximate surface area is 109 Å². The van der Waals surface area contributed by atoms with Gasteiger partial charge in [-0.3, -0.25) is 4.90 Å². The van der Waals surface area contributed by atoms with Crippen molar-refractivity contribution in [3.63, 3.8) is 0 Å². The lowest BCUT2D eigenvalue weighted by Crippen LogP contribution is -2.29. The molecule has 1 fully saturated rings. The topological polar surface area (TPSA) is 41.3 Å². The zero-order valence-electron chi connectivity index (χ0n) is 11.2. The molecule has 4 heteroatoms. The van der Waals surface area contributed by atoms with Gasteiger partial charge in [-0.05, 0) is 38.8 Å². The molecule has 3 rings (SSSR count). The second kappa shape index (κ2) is 5.02. The molecule has 0 spiro atoms. The van der Waals surface area contributed by atoms with Gasteiger partial charge in [-0.25, -0.2) is 4.98 Å². The number of nitrogens with zero attached hydrogens (tertiary/aromatic N) is 3. The molecule has 4 nitrogen and oxygen atoms in total. The average Bonchev–Trinajstić information content (AvgIpc) is 2.81. The van der Waals surface area contributed by atoms with Gasteiger partial charge in [0.15, 0.2) is 0 Å². The highest BCUT2D eigenvalue weighted by Gasteiger charge is 2.26. The minimum absolute atomic E-state index is 0.297. The number of fused-ring (bicyclic) bond motifs is 1. The van der Waals surface area contributed by atoms with Crippen LogP contribution in [0, 0.1) is 5.92 Å². The molecule has 0 radical (unpaired) electrons. The molecule has 2 atom stereocenters. The predicted octanol–water partition coefficient (Wildman–Crippen LogP) is 1.59. The quantitative estimate of drug-likeness (QED) is 0.865. The molecule has 2 aliphatic rings. The Balaban J connectivity index is 1.80. The minimum Gasteiger partial charge on any atom is -0.396 e. The third kappa shape index (κ3) is 2.19. The van der Waals surface area contributed by atoms with E-state index in [0.29, 0.717) is 18.6 Å². The van der Waals surface area contributed by atoms with Crippen molar-refractivity contribution >= 4 is 0 Å². The first-order valence-electron chi connectivity index (χ1n) is 7.15. The van der Waals surface area contributed by atoms with Gasteiger partial charge in [-0.1, -0.05) is 6.42 Å². The Bertz CT molecular complexity index is 415. The van der Waals surface area contributed by atoms with Crippen molar-refractivity contribution in [2.24, 2.45) is 5.92 Å². The number of piperidine rings is 1. The molecule has 2 aliphatic heterocycles. The number of aryl methyl sites for hydroxylation is 1. The summed E-state index contributed by atoms with van der Waals surface area (Å²) in [5, 5.41) is 9.27. The summed E-state index contributed by atoms with van der Waals surface area (Å²) in [6.45, 7) is 2.50. The van der Waals surface area contributed by atoms with Crippen LogP contribution in [0.1, 0.15) is 43.2 Å². The van der Waals surface area contributed by atoms with Crippen LogP contribution in [0.5, 0.6) is 0 Å². The highest BCUT2D eigenvalue weighted by atomic mass is 16.3. The zero-order chi connectivity index (χ0) is 12.5. The van der Waals surface area contributed by atoms with Crippen LogP contribution in [0.2, 0.25) is 0 Å². The van der Waals surface area contributed by atoms with Crippen molar-refractivity contribution in [1.82, 2.24) is 14.5 Å². The van der Waals surface area contributed by atoms with Gasteiger partial charge in [0.05, 0.1) is 11.7 Å². The summed E-state index contributed by atoms with van der Waals surface area (Å²) >= 11 is 0. The number of hydrogen-bond donors (Lipinski definition) is 1. The standard InChI is InChI=1S/C14H23N3O/c1-16-6-3-2-4-13(16)12-9-17-7-5-11(10-18)8-14(17)15-12/h9,11,13,18H,2-8,10H2,1H3. The maximum atomic E-state index is 9.27. The summed E-state index contributed by atoms with van der Waals surface area (Å²) in [7, 11) is 2.21. The molecule has 0 saturated carbocycles. The number of rotatable bonds is 2. The van der Waals surface area contributed by atoms with Gasteiger partial charge in [0.25, 0.3) is 0 Å². The Morgan fingerprint density at radius 3 is 3.00 bits per heavy atom. The highest BCUT2D eigenvalue weighted by molar-refractivity contribution is 5.12. The maximum absolute atomic E-state index is 9.27. The Morgan fingerprint density at radius 2 is 2.22 bits per heavy atom. The molecule has 0 aliphatic carbocycles. The van der Waals surface area contributed by atoms with Gasteiger partial charge in [-0.15, -0.1) is 0 Å². The van der Waals surface area contributed by atoms with E-state index in [1.165, 1.54) is 37.3 Å². The number of aromatic nitrogens is 2. The Morgan fingerprint density at radius 1 is 1.33 bits per heavy atom. The van der Waals surface area contributed by atoms with Crippen LogP contribution in [0.15, 0.2) is 6.20 Å². The average molecular weight is 249 g/mol. The Hall–Kier alpha value is -0.870. The van der Waals surface area contributed by atoms with Crippen molar-refractivity contribution in [3.05, 3.63) is 17.7 Å². The van der Waals surface area contributed by atoms with E-state index >= 15 is 0 Å². The molecule has 3 heterocycles. The van der Waals surface area contributed by atoms with E-state index < -0.39 is 0 Å². The van der Waals surface area contributed by atoms with Crippen LogP contribution in [-0.2, 0) is 13.0 Å². The summed E-state index contributed by atoms with van der Waals surface area (Å²) in [4.78, 5) is 7.27. The lowest BCUT2D eigenvalue weighted by atomic mass is 9.99. The summed E-state index contributed by atoms with van der Waals surface area (Å²) in [5.74, 6) is 1.59. The van der Waals surface area contributed by atoms with Crippen molar-refractivity contribution in [2.75, 3.05) is 20.2 Å². The van der Waals surface area contributed by atoms with E-state index in [9.17, 15) is 5.11 Å². The van der Waals surface area contributed by atoms with Crippen LogP contribution in [0.4, 0.5) is 0 Å². The lowest BCUT2D eigenvalue weighted by molar-refractivity contribution is 0.184. The van der Waals surface area contributed by atoms with Crippen molar-refractivity contribution < 1.29 is 5.11 Å². The zero-order valence-corrected chi connectivity index (χ0v) is 11.2. The second-order valence-electron chi connectivity index (χ2n) is 5.81. The van der Waals surface area contributed by atoms with Crippen LogP contribution in [0.25, 0.3) is 0 Å². The van der Waals surface area contributed by atoms with Crippen LogP contribution in [0.3, 0.4) is 0 Å². The van der Waals surface area contributed by atoms with Crippen molar-refractivity contribution in [1.29, 1.82) is 0 Å². The summed E-state index contributed by atoms with van der Waals surface area (Å²) < 4.78 is 2.30. The molecule has 2 unspecified atom stereocenters. The molecule has 0 amide bonds. The highest BCUT2D eigenvalue weighted by Crippen LogP contribution is 2.30. The molecule has 1 aromatic heterocycles. The van der Waals surface area contributed by atoms with Gasteiger partial charge in [0.2, 0.25) is 0 Å². The number of aliphatic hydroxyl groups is 1. The van der Waals surface area contributed by atoms with Crippen LogP contribution in [-0.4, -0.2) is 39.8 Å². The largest absolute Gasteiger partial charge is 0.396 e. The summed E-state index contributed by atoms with van der Waals surface area (Å²) in [5.41, 5.74) is 1.24. The van der Waals surface area contributed by atoms with E-state index in [4.69, 9.17) is 4.98 Å². The molecular formula is C14H23N3O. The molecule has 1 aromatic rings. The first-order chi connectivity index (χ1) is 8.78. The van der Waals surface area contributed by atoms with Gasteiger partial charge in [-0.2, -0.15) is 0 Å². The Kier molecular flexibility index (Phi) is 3.39. The smallest absolute Gasteiger partial charge is 0.109 e. The number of likely N-dealkylation sites (tertiary alicyclic amines) is 1. The molecule has 18 heavy (non-hydrogen) atoms. The van der Waals surface area contributed by atoms with Gasteiger partial charge in [0.1, 0.15) is 5.82 Å². The predicted molar refractivity (Wildman–Crippen MR) is 70.3 cm³/mol. The van der Waals surface area contributed by atoms with E-state index in [-0.39, 0.29) is 0 Å². The van der Waals surface area contributed by atoms with Gasteiger partial charge < -0.3 is 9.67 Å². The van der Waals surface area contributed by atoms with E-state index in [1.54, 1.807) is 0 Å². The van der Waals surface area contributed by atoms with E-state index in [0.717, 1.165) is 19.4 Å². The molecule has 1 saturated heterocycles. The first-order valence-corrected chi connectivity index (χ1v) is 7.15. The van der Waals surface area contributed by atoms with Crippen molar-refractivity contribution in [3.8, 4) is 0 Å². The molecule has 1 N–H and O–H groups in total. The lowest BCUT2D eigenvalue weighted by Gasteiger charge is -2.31. The minimum atomic E-state index is 0.297. The fraction of sp³-hybridized carbons (Fsp3) is 0.786. The van der Waals surface area contributed by atoms with Crippen LogP contribution < -0.4 is 0 Å². The SMILES string of the molecule is CN1CCCCC1c1cn2c(n1)CC(CO)CC2. The maximum Gasteiger partial charge on any atom is 0.109 e. The summed E-state index contributed by atoms with van der Waals surface area (Å²) in [6, 6.07) is 0.504. The van der Waals surface area contributed by atoms with E-state index in [1.807, 2.05) is 0 Å². The van der Waals surface area contributed by atoms with E-state index in [2.05, 4.69) is 22.7 Å². The number of aliphatic hydroxyl groups excluding tert-OH is 1. The summed E-state index contributed by atoms with van der Waals surface area (Å²) in [6.07, 6.45) is 8.13. The van der Waals surface area contributed by atoms with Gasteiger partial charge in [0, 0.05) is 25.8 Å². The molecule has 0 bridgehead atoms.